The van der Waals surface area contributed by atoms with Crippen LogP contribution in [0.15, 0.2) is 18.2 Å². The van der Waals surface area contributed by atoms with Gasteiger partial charge < -0.3 is 11.5 Å². The molecule has 0 aliphatic heterocycles. The van der Waals surface area contributed by atoms with Crippen LogP contribution in [-0.4, -0.2) is 0 Å². The summed E-state index contributed by atoms with van der Waals surface area (Å²) in [6, 6.07) is 3.45. The van der Waals surface area contributed by atoms with Crippen molar-refractivity contribution < 1.29 is 13.2 Å². The molecule has 2 nitrogen and oxygen atoms in total. The molecule has 1 fully saturated rings. The third kappa shape index (κ3) is 2.72. The normalized spacial score (nSPS) is 18.4. The monoisotopic (exact) mass is 280 g/mol. The van der Waals surface area contributed by atoms with Crippen LogP contribution in [0.3, 0.4) is 0 Å². The van der Waals surface area contributed by atoms with Crippen LogP contribution in [0.1, 0.15) is 36.8 Å². The van der Waals surface area contributed by atoms with Gasteiger partial charge in [0.2, 0.25) is 0 Å². The summed E-state index contributed by atoms with van der Waals surface area (Å²) in [6.45, 7) is 0. The van der Waals surface area contributed by atoms with Gasteiger partial charge in [0.15, 0.2) is 0 Å². The molecule has 102 valence electrons. The van der Waals surface area contributed by atoms with E-state index in [0.717, 1.165) is 37.8 Å². The first-order valence-electron chi connectivity index (χ1n) is 5.59. The van der Waals surface area contributed by atoms with E-state index in [0.29, 0.717) is 5.56 Å². The fourth-order valence-corrected chi connectivity index (χ4v) is 2.47. The first-order chi connectivity index (χ1) is 7.83. The predicted molar refractivity (Wildman–Crippen MR) is 67.4 cm³/mol. The second-order valence-electron chi connectivity index (χ2n) is 4.66. The molecule has 0 heterocycles. The third-order valence-corrected chi connectivity index (χ3v) is 3.41. The molecule has 2 rings (SSSR count). The summed E-state index contributed by atoms with van der Waals surface area (Å²) in [5.74, 6) is 0. The second kappa shape index (κ2) is 4.97. The minimum atomic E-state index is -4.36. The van der Waals surface area contributed by atoms with Gasteiger partial charge in [-0.15, -0.1) is 12.4 Å². The van der Waals surface area contributed by atoms with Crippen molar-refractivity contribution in [2.75, 3.05) is 5.73 Å². The maximum Gasteiger partial charge on any atom is 0.416 e. The summed E-state index contributed by atoms with van der Waals surface area (Å²) in [5, 5.41) is 0. The Kier molecular flexibility index (Phi) is 4.18. The fourth-order valence-electron chi connectivity index (χ4n) is 2.47. The predicted octanol–water partition coefficient (Wildman–Crippen LogP) is 3.44. The molecule has 0 spiro atoms. The standard InChI is InChI=1S/C12H15F3N2.ClH/c13-12(14,15)8-3-4-9(10(16)7-8)11(17)5-1-2-6-11;/h3-4,7H,1-2,5-6,16-17H2;1H. The van der Waals surface area contributed by atoms with Gasteiger partial charge in [-0.25, -0.2) is 0 Å². The molecule has 0 radical (unpaired) electrons. The van der Waals surface area contributed by atoms with E-state index in [9.17, 15) is 13.2 Å². The van der Waals surface area contributed by atoms with Crippen molar-refractivity contribution in [3.8, 4) is 0 Å². The molecule has 0 amide bonds. The van der Waals surface area contributed by atoms with Crippen LogP contribution in [0, 0.1) is 0 Å². The molecule has 1 aromatic carbocycles. The SMILES string of the molecule is Cl.Nc1cc(C(F)(F)F)ccc1C1(N)CCCC1. The number of hydrogen-bond acceptors (Lipinski definition) is 2. The highest BCUT2D eigenvalue weighted by Gasteiger charge is 2.35. The average Bonchev–Trinajstić information content (AvgIpc) is 2.64. The van der Waals surface area contributed by atoms with Gasteiger partial charge in [0.05, 0.1) is 5.56 Å². The molecule has 0 atom stereocenters. The van der Waals surface area contributed by atoms with Crippen molar-refractivity contribution >= 4 is 18.1 Å². The number of alkyl halides is 3. The number of nitrogen functional groups attached to an aromatic ring is 1. The molecule has 1 aromatic rings. The number of anilines is 1. The van der Waals surface area contributed by atoms with E-state index in [2.05, 4.69) is 0 Å². The lowest BCUT2D eigenvalue weighted by atomic mass is 9.87. The van der Waals surface area contributed by atoms with E-state index in [1.165, 1.54) is 6.07 Å². The quantitative estimate of drug-likeness (QED) is 0.774. The minimum absolute atomic E-state index is 0. The lowest BCUT2D eigenvalue weighted by Gasteiger charge is -2.26. The Labute approximate surface area is 110 Å². The van der Waals surface area contributed by atoms with Crippen molar-refractivity contribution in [1.29, 1.82) is 0 Å². The van der Waals surface area contributed by atoms with Gasteiger partial charge in [-0.1, -0.05) is 18.9 Å². The Hall–Kier alpha value is -0.940. The van der Waals surface area contributed by atoms with Gasteiger partial charge in [-0.05, 0) is 30.5 Å². The van der Waals surface area contributed by atoms with Crippen LogP contribution in [0.5, 0.6) is 0 Å². The van der Waals surface area contributed by atoms with Crippen LogP contribution in [-0.2, 0) is 11.7 Å². The molecular formula is C12H16ClF3N2. The van der Waals surface area contributed by atoms with Gasteiger partial charge >= 0.3 is 6.18 Å². The Morgan fingerprint density at radius 3 is 2.11 bits per heavy atom. The second-order valence-corrected chi connectivity index (χ2v) is 4.66. The zero-order chi connectivity index (χ0) is 12.7. The maximum absolute atomic E-state index is 12.5. The van der Waals surface area contributed by atoms with Crippen LogP contribution >= 0.6 is 12.4 Å². The van der Waals surface area contributed by atoms with E-state index >= 15 is 0 Å². The molecule has 0 aromatic heterocycles. The minimum Gasteiger partial charge on any atom is -0.398 e. The molecule has 18 heavy (non-hydrogen) atoms. The van der Waals surface area contributed by atoms with E-state index < -0.39 is 17.3 Å². The average molecular weight is 281 g/mol. The number of nitrogens with two attached hydrogens (primary N) is 2. The van der Waals surface area contributed by atoms with E-state index in [1.54, 1.807) is 0 Å². The Balaban J connectivity index is 0.00000162. The van der Waals surface area contributed by atoms with Crippen molar-refractivity contribution in [1.82, 2.24) is 0 Å². The van der Waals surface area contributed by atoms with Crippen molar-refractivity contribution in [2.24, 2.45) is 5.73 Å². The van der Waals surface area contributed by atoms with E-state index in [-0.39, 0.29) is 18.1 Å². The van der Waals surface area contributed by atoms with E-state index in [1.807, 2.05) is 0 Å². The lowest BCUT2D eigenvalue weighted by molar-refractivity contribution is -0.137. The molecule has 0 unspecified atom stereocenters. The van der Waals surface area contributed by atoms with Gasteiger partial charge in [-0.3, -0.25) is 0 Å². The van der Waals surface area contributed by atoms with Crippen molar-refractivity contribution in [2.45, 2.75) is 37.4 Å². The summed E-state index contributed by atoms with van der Waals surface area (Å²) >= 11 is 0. The summed E-state index contributed by atoms with van der Waals surface area (Å²) in [4.78, 5) is 0. The Morgan fingerprint density at radius 1 is 1.11 bits per heavy atom. The smallest absolute Gasteiger partial charge is 0.398 e. The molecular weight excluding hydrogens is 265 g/mol. The molecule has 1 saturated carbocycles. The maximum atomic E-state index is 12.5. The number of rotatable bonds is 1. The van der Waals surface area contributed by atoms with Crippen LogP contribution < -0.4 is 11.5 Å². The Bertz CT molecular complexity index is 426. The van der Waals surface area contributed by atoms with E-state index in [4.69, 9.17) is 11.5 Å². The molecule has 1 aliphatic carbocycles. The van der Waals surface area contributed by atoms with Gasteiger partial charge in [0.25, 0.3) is 0 Å². The molecule has 4 N–H and O–H groups in total. The lowest BCUT2D eigenvalue weighted by Crippen LogP contribution is -2.34. The molecule has 6 heteroatoms. The van der Waals surface area contributed by atoms with Crippen LogP contribution in [0.4, 0.5) is 18.9 Å². The molecule has 0 bridgehead atoms. The summed E-state index contributed by atoms with van der Waals surface area (Å²) in [7, 11) is 0. The zero-order valence-electron chi connectivity index (χ0n) is 9.76. The van der Waals surface area contributed by atoms with Gasteiger partial charge in [-0.2, -0.15) is 13.2 Å². The summed E-state index contributed by atoms with van der Waals surface area (Å²) in [6.07, 6.45) is -0.802. The van der Waals surface area contributed by atoms with Gasteiger partial charge in [0.1, 0.15) is 0 Å². The number of halogens is 4. The topological polar surface area (TPSA) is 52.0 Å². The molecule has 0 saturated heterocycles. The zero-order valence-corrected chi connectivity index (χ0v) is 10.6. The fraction of sp³-hybridized carbons (Fsp3) is 0.500. The largest absolute Gasteiger partial charge is 0.416 e. The first-order valence-corrected chi connectivity index (χ1v) is 5.59. The highest BCUT2D eigenvalue weighted by molar-refractivity contribution is 5.85. The molecule has 1 aliphatic rings. The van der Waals surface area contributed by atoms with Crippen molar-refractivity contribution in [3.63, 3.8) is 0 Å². The number of benzene rings is 1. The Morgan fingerprint density at radius 2 is 1.67 bits per heavy atom. The first kappa shape index (κ1) is 15.1. The highest BCUT2D eigenvalue weighted by Crippen LogP contribution is 2.40. The highest BCUT2D eigenvalue weighted by atomic mass is 35.5. The van der Waals surface area contributed by atoms with Crippen molar-refractivity contribution in [3.05, 3.63) is 29.3 Å². The summed E-state index contributed by atoms with van der Waals surface area (Å²) < 4.78 is 37.5. The van der Waals surface area contributed by atoms with Crippen LogP contribution in [0.25, 0.3) is 0 Å². The number of hydrogen-bond donors (Lipinski definition) is 2. The third-order valence-electron chi connectivity index (χ3n) is 3.41. The summed E-state index contributed by atoms with van der Waals surface area (Å²) in [5.41, 5.74) is 11.4. The van der Waals surface area contributed by atoms with Crippen LogP contribution in [0.2, 0.25) is 0 Å². The van der Waals surface area contributed by atoms with Gasteiger partial charge in [0, 0.05) is 11.2 Å².